The van der Waals surface area contributed by atoms with E-state index in [0.717, 1.165) is 59.6 Å². The van der Waals surface area contributed by atoms with Crippen molar-refractivity contribution >= 4 is 25.9 Å². The van der Waals surface area contributed by atoms with Crippen LogP contribution in [0.3, 0.4) is 0 Å². The van der Waals surface area contributed by atoms with E-state index < -0.39 is 20.2 Å². The lowest BCUT2D eigenvalue weighted by atomic mass is 9.91. The van der Waals surface area contributed by atoms with Crippen LogP contribution < -0.4 is 18.9 Å². The highest BCUT2D eigenvalue weighted by Gasteiger charge is 2.30. The second-order valence-corrected chi connectivity index (χ2v) is 21.6. The lowest BCUT2D eigenvalue weighted by Crippen LogP contribution is -2.32. The molecular weight excluding hydrogens is 769 g/mol. The Balaban J connectivity index is 0.000000225. The van der Waals surface area contributed by atoms with Crippen LogP contribution in [0.4, 0.5) is 0 Å². The van der Waals surface area contributed by atoms with E-state index in [2.05, 4.69) is 39.6 Å². The molecule has 59 heavy (non-hydrogen) atoms. The van der Waals surface area contributed by atoms with Crippen molar-refractivity contribution in [1.82, 2.24) is 0 Å². The third kappa shape index (κ3) is 11.1. The van der Waals surface area contributed by atoms with E-state index >= 15 is 0 Å². The van der Waals surface area contributed by atoms with Crippen molar-refractivity contribution in [3.63, 3.8) is 0 Å². The van der Waals surface area contributed by atoms with E-state index in [-0.39, 0.29) is 37.6 Å². The van der Waals surface area contributed by atoms with Crippen molar-refractivity contribution in [2.75, 3.05) is 14.2 Å². The van der Waals surface area contributed by atoms with E-state index in [0.29, 0.717) is 44.9 Å². The highest BCUT2D eigenvalue weighted by atomic mass is 28.4. The Morgan fingerprint density at radius 3 is 1.69 bits per heavy atom. The van der Waals surface area contributed by atoms with Gasteiger partial charge in [0.2, 0.25) is 8.32 Å². The number of Topliss-reactive ketones (excluding diaryl/α,β-unsaturated/α-hetero) is 1. The smallest absolute Gasteiger partial charge is 0.242 e. The molecule has 1 unspecified atom stereocenters. The molecule has 12 heteroatoms. The van der Waals surface area contributed by atoms with Crippen molar-refractivity contribution in [2.24, 2.45) is 0 Å². The zero-order valence-electron chi connectivity index (χ0n) is 35.8. The van der Waals surface area contributed by atoms with E-state index in [4.69, 9.17) is 23.4 Å². The van der Waals surface area contributed by atoms with Gasteiger partial charge in [0.1, 0.15) is 46.1 Å². The number of benzene rings is 4. The summed E-state index contributed by atoms with van der Waals surface area (Å²) in [6.45, 7) is 13.7. The van der Waals surface area contributed by atoms with Gasteiger partial charge < -0.3 is 48.9 Å². The van der Waals surface area contributed by atoms with Crippen LogP contribution in [0.25, 0.3) is 11.8 Å². The average Bonchev–Trinajstić information content (AvgIpc) is 3.20. The monoisotopic (exact) mass is 828 g/mol. The molecule has 0 saturated carbocycles. The Morgan fingerprint density at radius 1 is 0.712 bits per heavy atom. The molecule has 4 aromatic carbocycles. The van der Waals surface area contributed by atoms with Crippen molar-refractivity contribution in [1.29, 1.82) is 0 Å². The number of aliphatic hydroxyl groups is 5. The van der Waals surface area contributed by atoms with E-state index in [1.165, 1.54) is 24.8 Å². The Hall–Kier alpha value is -4.69. The Labute approximate surface area is 349 Å². The maximum atomic E-state index is 12.9. The third-order valence-corrected chi connectivity index (χ3v) is 11.3. The first-order valence-electron chi connectivity index (χ1n) is 19.9. The van der Waals surface area contributed by atoms with Crippen LogP contribution in [0.5, 0.6) is 23.0 Å². The molecular formula is C47H60O11Si. The second-order valence-electron chi connectivity index (χ2n) is 17.2. The minimum Gasteiger partial charge on any atom is -0.544 e. The van der Waals surface area contributed by atoms with Crippen LogP contribution in [-0.4, -0.2) is 65.1 Å². The van der Waals surface area contributed by atoms with Crippen molar-refractivity contribution in [3.8, 4) is 23.0 Å². The normalized spacial score (nSPS) is 15.9. The van der Waals surface area contributed by atoms with Crippen molar-refractivity contribution < 1.29 is 53.7 Å². The molecule has 0 fully saturated rings. The number of fused-ring (bicyclic) bond motifs is 2. The Kier molecular flexibility index (Phi) is 14.4. The zero-order valence-corrected chi connectivity index (χ0v) is 36.8. The van der Waals surface area contributed by atoms with Crippen LogP contribution in [0.15, 0.2) is 60.7 Å². The SMILES string of the molecule is COc1cc(/C=C(\O[Si](C)(C)C)c2ccc3c(c2)CCC(C)(C)O3)cc(CO)c1CO.COc1cc(C(O)C(=O)c2ccc3c(c2)CCC(C)(C)O3)cc(CO)c1CO. The summed E-state index contributed by atoms with van der Waals surface area (Å²) in [6, 6.07) is 18.2. The number of hydrogen-bond acceptors (Lipinski definition) is 11. The van der Waals surface area contributed by atoms with Crippen LogP contribution in [0.1, 0.15) is 107 Å². The minimum atomic E-state index is -1.90. The number of rotatable bonds is 13. The molecule has 318 valence electrons. The van der Waals surface area contributed by atoms with E-state index in [1.54, 1.807) is 25.3 Å². The van der Waals surface area contributed by atoms with Gasteiger partial charge in [-0.2, -0.15) is 0 Å². The number of hydrogen-bond donors (Lipinski definition) is 5. The number of ketones is 1. The number of aliphatic hydroxyl groups excluding tert-OH is 5. The summed E-state index contributed by atoms with van der Waals surface area (Å²) < 4.78 is 29.2. The second kappa shape index (κ2) is 18.7. The lowest BCUT2D eigenvalue weighted by molar-refractivity contribution is 0.0743. The number of carbonyl (C=O) groups is 1. The Bertz CT molecular complexity index is 2120. The summed E-state index contributed by atoms with van der Waals surface area (Å²) in [5.74, 6) is 2.90. The summed E-state index contributed by atoms with van der Waals surface area (Å²) >= 11 is 0. The molecule has 0 radical (unpaired) electrons. The fourth-order valence-corrected chi connectivity index (χ4v) is 8.12. The largest absolute Gasteiger partial charge is 0.544 e. The highest BCUT2D eigenvalue weighted by molar-refractivity contribution is 6.70. The zero-order chi connectivity index (χ0) is 43.3. The standard InChI is InChI=1S/C25H34O5Si.C22H26O6/c1-25(2)10-9-19-14-18(7-8-22(19)29-25)23(30-31(4,5)6)12-17-11-20(15-26)21(16-27)24(13-17)28-3;1-22(2)7-6-13-8-14(4-5-18(13)28-22)20(25)21(26)15-9-16(11-23)17(12-24)19(10-15)27-3/h7-8,11-14,26-27H,9-10,15-16H2,1-6H3;4-5,8-10,21,23-24,26H,6-7,11-12H2,1-3H3/b23-12-;. The van der Waals surface area contributed by atoms with Crippen molar-refractivity contribution in [3.05, 3.63) is 116 Å². The first-order valence-corrected chi connectivity index (χ1v) is 23.4. The predicted molar refractivity (Wildman–Crippen MR) is 230 cm³/mol. The van der Waals surface area contributed by atoms with Crippen LogP contribution in [-0.2, 0) is 43.7 Å². The molecule has 4 aromatic rings. The first-order chi connectivity index (χ1) is 27.8. The number of aryl methyl sites for hydroxylation is 2. The maximum absolute atomic E-state index is 12.9. The van der Waals surface area contributed by atoms with Crippen LogP contribution >= 0.6 is 0 Å². The molecule has 0 spiro atoms. The predicted octanol–water partition coefficient (Wildman–Crippen LogP) is 7.83. The fourth-order valence-electron chi connectivity index (χ4n) is 7.29. The first kappa shape index (κ1) is 45.4. The maximum Gasteiger partial charge on any atom is 0.242 e. The van der Waals surface area contributed by atoms with Gasteiger partial charge >= 0.3 is 0 Å². The van der Waals surface area contributed by atoms with Gasteiger partial charge in [0.25, 0.3) is 0 Å². The number of carbonyl (C=O) groups excluding carboxylic acids is 1. The van der Waals surface area contributed by atoms with E-state index in [1.807, 2.05) is 44.2 Å². The van der Waals surface area contributed by atoms with Gasteiger partial charge in [0.15, 0.2) is 5.78 Å². The van der Waals surface area contributed by atoms with Crippen LogP contribution in [0, 0.1) is 0 Å². The van der Waals surface area contributed by atoms with Gasteiger partial charge in [-0.15, -0.1) is 0 Å². The summed E-state index contributed by atoms with van der Waals surface area (Å²) in [7, 11) is 1.10. The van der Waals surface area contributed by atoms with Gasteiger partial charge in [-0.1, -0.05) is 0 Å². The summed E-state index contributed by atoms with van der Waals surface area (Å²) in [5.41, 5.74) is 6.38. The molecule has 2 aliphatic heterocycles. The van der Waals surface area contributed by atoms with E-state index in [9.17, 15) is 30.3 Å². The quantitative estimate of drug-likeness (QED) is 0.0386. The van der Waals surface area contributed by atoms with Gasteiger partial charge in [-0.3, -0.25) is 4.79 Å². The number of ether oxygens (including phenoxy) is 4. The molecule has 0 bridgehead atoms. The third-order valence-electron chi connectivity index (χ3n) is 10.5. The van der Waals surface area contributed by atoms with Gasteiger partial charge in [-0.05, 0) is 173 Å². The topological polar surface area (TPSA) is 164 Å². The molecule has 0 aromatic heterocycles. The Morgan fingerprint density at radius 2 is 1.20 bits per heavy atom. The van der Waals surface area contributed by atoms with Gasteiger partial charge in [0, 0.05) is 22.3 Å². The molecule has 2 heterocycles. The summed E-state index contributed by atoms with van der Waals surface area (Å²) in [4.78, 5) is 12.9. The number of methoxy groups -OCH3 is 2. The average molecular weight is 829 g/mol. The molecule has 2 aliphatic rings. The summed E-state index contributed by atoms with van der Waals surface area (Å²) in [6.07, 6.45) is 4.15. The minimum absolute atomic E-state index is 0.145. The molecule has 0 aliphatic carbocycles. The lowest BCUT2D eigenvalue weighted by Gasteiger charge is -2.33. The fraction of sp³-hybridized carbons (Fsp3) is 0.426. The van der Waals surface area contributed by atoms with Crippen molar-refractivity contribution in [2.45, 2.75) is 117 Å². The summed E-state index contributed by atoms with van der Waals surface area (Å²) in [5, 5.41) is 49.2. The molecule has 1 atom stereocenters. The van der Waals surface area contributed by atoms with Gasteiger partial charge in [0.05, 0.1) is 40.6 Å². The van der Waals surface area contributed by atoms with Gasteiger partial charge in [-0.25, -0.2) is 0 Å². The van der Waals surface area contributed by atoms with Crippen LogP contribution in [0.2, 0.25) is 19.6 Å². The molecule has 6 rings (SSSR count). The molecule has 0 saturated heterocycles. The molecule has 11 nitrogen and oxygen atoms in total. The highest BCUT2D eigenvalue weighted by Crippen LogP contribution is 2.38. The molecule has 0 amide bonds. The molecule has 5 N–H and O–H groups in total.